The largest absolute Gasteiger partial charge is 0.497 e. The summed E-state index contributed by atoms with van der Waals surface area (Å²) in [6.07, 6.45) is 0.727. The monoisotopic (exact) mass is 506 g/mol. The van der Waals surface area contributed by atoms with Gasteiger partial charge in [-0.3, -0.25) is 14.9 Å². The minimum atomic E-state index is -0.996. The Balaban J connectivity index is 1.70. The third-order valence-corrected chi connectivity index (χ3v) is 5.49. The second kappa shape index (κ2) is 11.9. The average molecular weight is 507 g/mol. The fourth-order valence-electron chi connectivity index (χ4n) is 3.36. The van der Waals surface area contributed by atoms with Crippen molar-refractivity contribution in [2.75, 3.05) is 32.6 Å². The summed E-state index contributed by atoms with van der Waals surface area (Å²) in [5.74, 6) is 0.970. The van der Waals surface area contributed by atoms with E-state index in [4.69, 9.17) is 9.47 Å². The lowest BCUT2D eigenvalue weighted by Crippen LogP contribution is -2.35. The summed E-state index contributed by atoms with van der Waals surface area (Å²) < 4.78 is 10.7. The van der Waals surface area contributed by atoms with Gasteiger partial charge < -0.3 is 19.5 Å². The maximum Gasteiger partial charge on any atom is 0.316 e. The third kappa shape index (κ3) is 7.58. The Hall–Kier alpha value is -3.82. The second-order valence-electron chi connectivity index (χ2n) is 9.87. The zero-order valence-electron chi connectivity index (χ0n) is 22.1. The molecule has 0 fully saturated rings. The highest BCUT2D eigenvalue weighted by atomic mass is 16.5. The topological polar surface area (TPSA) is 114 Å². The van der Waals surface area contributed by atoms with E-state index in [-0.39, 0.29) is 24.7 Å². The molecule has 0 bridgehead atoms. The van der Waals surface area contributed by atoms with Gasteiger partial charge in [0.1, 0.15) is 17.7 Å². The summed E-state index contributed by atoms with van der Waals surface area (Å²) >= 11 is 0. The van der Waals surface area contributed by atoms with Crippen LogP contribution in [0.1, 0.15) is 36.7 Å². The van der Waals surface area contributed by atoms with E-state index in [0.717, 1.165) is 11.1 Å². The van der Waals surface area contributed by atoms with Crippen LogP contribution in [0.3, 0.4) is 0 Å². The molecule has 0 saturated heterocycles. The van der Waals surface area contributed by atoms with Gasteiger partial charge in [-0.2, -0.15) is 0 Å². The molecule has 3 rings (SSSR count). The first-order valence-electron chi connectivity index (χ1n) is 11.9. The number of aliphatic hydroxyl groups excluding tert-OH is 1. The first kappa shape index (κ1) is 27.8. The molecule has 0 aliphatic rings. The Morgan fingerprint density at radius 1 is 1.08 bits per heavy atom. The highest BCUT2D eigenvalue weighted by Crippen LogP contribution is 2.26. The van der Waals surface area contributed by atoms with E-state index >= 15 is 0 Å². The van der Waals surface area contributed by atoms with Crippen molar-refractivity contribution in [3.05, 3.63) is 65.9 Å². The molecule has 196 valence electrons. The van der Waals surface area contributed by atoms with Crippen LogP contribution in [0.25, 0.3) is 11.3 Å². The number of anilines is 1. The van der Waals surface area contributed by atoms with Gasteiger partial charge in [0.15, 0.2) is 5.78 Å². The molecule has 2 N–H and O–H groups in total. The molecule has 0 aliphatic carbocycles. The predicted octanol–water partition coefficient (Wildman–Crippen LogP) is 3.50. The number of hydrogen-bond acceptors (Lipinski definition) is 9. The molecule has 1 atom stereocenters. The number of nitrogens with one attached hydrogen (secondary N) is 1. The van der Waals surface area contributed by atoms with Crippen molar-refractivity contribution in [2.24, 2.45) is 5.41 Å². The lowest BCUT2D eigenvalue weighted by atomic mass is 9.97. The summed E-state index contributed by atoms with van der Waals surface area (Å²) in [4.78, 5) is 35.9. The van der Waals surface area contributed by atoms with Crippen molar-refractivity contribution in [1.82, 2.24) is 15.3 Å². The number of carbonyl (C=O) groups is 2. The van der Waals surface area contributed by atoms with E-state index in [1.807, 2.05) is 32.3 Å². The van der Waals surface area contributed by atoms with Crippen LogP contribution >= 0.6 is 0 Å². The number of benzene rings is 2. The van der Waals surface area contributed by atoms with Crippen molar-refractivity contribution in [3.8, 4) is 22.8 Å². The zero-order chi connectivity index (χ0) is 27.2. The average Bonchev–Trinajstić information content (AvgIpc) is 2.86. The van der Waals surface area contributed by atoms with Gasteiger partial charge in [0.25, 0.3) is 0 Å². The molecule has 0 saturated carbocycles. The first-order chi connectivity index (χ1) is 17.5. The van der Waals surface area contributed by atoms with Crippen LogP contribution in [-0.4, -0.2) is 60.8 Å². The number of esters is 1. The molecule has 1 heterocycles. The van der Waals surface area contributed by atoms with Crippen molar-refractivity contribution in [1.29, 1.82) is 0 Å². The number of rotatable bonds is 10. The molecule has 37 heavy (non-hydrogen) atoms. The fraction of sp³-hybridized carbons (Fsp3) is 0.357. The summed E-state index contributed by atoms with van der Waals surface area (Å²) in [6.45, 7) is 5.22. The van der Waals surface area contributed by atoms with Crippen molar-refractivity contribution in [3.63, 3.8) is 0 Å². The Morgan fingerprint density at radius 3 is 2.41 bits per heavy atom. The Kier molecular flexibility index (Phi) is 8.96. The number of ketones is 1. The number of carbonyl (C=O) groups excluding carboxylic acids is 2. The quantitative estimate of drug-likeness (QED) is 0.185. The number of ether oxygens (including phenoxy) is 2. The van der Waals surface area contributed by atoms with Gasteiger partial charge >= 0.3 is 5.97 Å². The fourth-order valence-corrected chi connectivity index (χ4v) is 3.36. The van der Waals surface area contributed by atoms with Crippen LogP contribution in [0.2, 0.25) is 0 Å². The number of nitrogens with zero attached hydrogens (tertiary/aromatic N) is 3. The van der Waals surface area contributed by atoms with Crippen molar-refractivity contribution < 1.29 is 24.2 Å². The number of Topliss-reactive ketones (excluding diaryl/α,β-unsaturated/α-hetero) is 1. The molecular weight excluding hydrogens is 472 g/mol. The van der Waals surface area contributed by atoms with Crippen molar-refractivity contribution >= 4 is 17.7 Å². The van der Waals surface area contributed by atoms with Crippen LogP contribution in [0, 0.1) is 5.41 Å². The van der Waals surface area contributed by atoms with Crippen LogP contribution < -0.4 is 19.7 Å². The Bertz CT molecular complexity index is 1240. The van der Waals surface area contributed by atoms with E-state index in [1.165, 1.54) is 6.20 Å². The second-order valence-corrected chi connectivity index (χ2v) is 9.87. The molecule has 1 unspecified atom stereocenters. The number of aliphatic hydroxyl groups is 1. The van der Waals surface area contributed by atoms with Gasteiger partial charge in [-0.25, -0.2) is 9.97 Å². The molecule has 9 nitrogen and oxygen atoms in total. The van der Waals surface area contributed by atoms with E-state index in [1.54, 1.807) is 63.1 Å². The van der Waals surface area contributed by atoms with Gasteiger partial charge in [0.05, 0.1) is 30.3 Å². The molecular formula is C28H34N4O5. The zero-order valence-corrected chi connectivity index (χ0v) is 22.1. The maximum absolute atomic E-state index is 13.1. The molecule has 0 amide bonds. The number of hydrogen-bond donors (Lipinski definition) is 2. The van der Waals surface area contributed by atoms with E-state index in [9.17, 15) is 14.7 Å². The maximum atomic E-state index is 13.1. The van der Waals surface area contributed by atoms with E-state index in [2.05, 4.69) is 15.3 Å². The number of aromatic nitrogens is 2. The van der Waals surface area contributed by atoms with E-state index < -0.39 is 11.6 Å². The van der Waals surface area contributed by atoms with Crippen LogP contribution in [-0.2, 0) is 11.2 Å². The van der Waals surface area contributed by atoms with E-state index in [0.29, 0.717) is 28.7 Å². The van der Waals surface area contributed by atoms with Gasteiger partial charge in [-0.1, -0.05) is 12.1 Å². The molecule has 2 aromatic carbocycles. The SMILES string of the molecule is COc1ccc(-c2nc(N(C)C)ncc2C(=O)CNC(O)Cc2cccc(OC(=O)C(C)(C)C)c2)cc1. The molecule has 0 aliphatic heterocycles. The normalized spacial score (nSPS) is 12.1. The van der Waals surface area contributed by atoms with Gasteiger partial charge in [-0.15, -0.1) is 0 Å². The minimum Gasteiger partial charge on any atom is -0.497 e. The lowest BCUT2D eigenvalue weighted by molar-refractivity contribution is -0.143. The standard InChI is InChI=1S/C28H34N4O5/c1-28(2,3)26(35)37-21-9-7-8-18(14-21)15-24(34)29-17-23(33)22-16-30-27(32(4)5)31-25(22)19-10-12-20(36-6)13-11-19/h7-14,16,24,29,34H,15,17H2,1-6H3. The molecule has 3 aromatic rings. The number of methoxy groups -OCH3 is 1. The minimum absolute atomic E-state index is 0.117. The molecule has 9 heteroatoms. The summed E-state index contributed by atoms with van der Waals surface area (Å²) in [6, 6.07) is 14.2. The third-order valence-electron chi connectivity index (χ3n) is 5.49. The highest BCUT2D eigenvalue weighted by molar-refractivity contribution is 6.02. The van der Waals surface area contributed by atoms with Gasteiger partial charge in [-0.05, 0) is 62.7 Å². The molecule has 0 spiro atoms. The lowest BCUT2D eigenvalue weighted by Gasteiger charge is -2.17. The first-order valence-corrected chi connectivity index (χ1v) is 11.9. The Morgan fingerprint density at radius 2 is 1.78 bits per heavy atom. The molecule has 1 aromatic heterocycles. The van der Waals surface area contributed by atoms with Gasteiger partial charge in [0, 0.05) is 32.3 Å². The summed E-state index contributed by atoms with van der Waals surface area (Å²) in [5.41, 5.74) is 1.71. The van der Waals surface area contributed by atoms with Gasteiger partial charge in [0.2, 0.25) is 5.95 Å². The highest BCUT2D eigenvalue weighted by Gasteiger charge is 2.24. The van der Waals surface area contributed by atoms with Crippen LogP contribution in [0.15, 0.2) is 54.7 Å². The predicted molar refractivity (Wildman–Crippen MR) is 142 cm³/mol. The van der Waals surface area contributed by atoms with Crippen LogP contribution in [0.5, 0.6) is 11.5 Å². The Labute approximate surface area is 217 Å². The van der Waals surface area contributed by atoms with Crippen LogP contribution in [0.4, 0.5) is 5.95 Å². The van der Waals surface area contributed by atoms with Crippen molar-refractivity contribution in [2.45, 2.75) is 33.4 Å². The summed E-state index contributed by atoms with van der Waals surface area (Å²) in [5, 5.41) is 13.4. The molecule has 0 radical (unpaired) electrons. The summed E-state index contributed by atoms with van der Waals surface area (Å²) in [7, 11) is 5.24. The smallest absolute Gasteiger partial charge is 0.316 e.